The molecule has 25 heavy (non-hydrogen) atoms. The summed E-state index contributed by atoms with van der Waals surface area (Å²) in [5.74, 6) is 0.246. The maximum Gasteiger partial charge on any atom is 0.0463 e. The van der Waals surface area contributed by atoms with Crippen molar-refractivity contribution in [1.82, 2.24) is 9.97 Å². The van der Waals surface area contributed by atoms with Gasteiger partial charge in [0.2, 0.25) is 0 Å². The van der Waals surface area contributed by atoms with E-state index in [-0.39, 0.29) is 5.92 Å². The van der Waals surface area contributed by atoms with Crippen molar-refractivity contribution in [2.45, 2.75) is 5.92 Å². The quantitative estimate of drug-likeness (QED) is 0.383. The Morgan fingerprint density at radius 2 is 1.28 bits per heavy atom. The highest BCUT2D eigenvalue weighted by atomic mass is 14.7. The number of benzene rings is 3. The Balaban J connectivity index is 1.76. The van der Waals surface area contributed by atoms with Gasteiger partial charge in [0.05, 0.1) is 0 Å². The Kier molecular flexibility index (Phi) is 2.43. The number of para-hydroxylation sites is 1. The second-order valence-corrected chi connectivity index (χ2v) is 6.78. The molecule has 2 heteroatoms. The van der Waals surface area contributed by atoms with Gasteiger partial charge in [0.15, 0.2) is 0 Å². The number of hydrogen-bond donors (Lipinski definition) is 2. The highest BCUT2D eigenvalue weighted by Gasteiger charge is 2.30. The van der Waals surface area contributed by atoms with Crippen LogP contribution in [-0.2, 0) is 0 Å². The first-order valence-corrected chi connectivity index (χ1v) is 8.67. The molecular weight excluding hydrogens is 304 g/mol. The van der Waals surface area contributed by atoms with Crippen molar-refractivity contribution in [2.24, 2.45) is 0 Å². The van der Waals surface area contributed by atoms with Crippen molar-refractivity contribution >= 4 is 21.8 Å². The molecule has 0 radical (unpaired) electrons. The minimum absolute atomic E-state index is 0.246. The lowest BCUT2D eigenvalue weighted by molar-refractivity contribution is 0.993. The molecule has 1 aliphatic carbocycles. The van der Waals surface area contributed by atoms with Crippen LogP contribution < -0.4 is 0 Å². The standard InChI is InChI=1S/C23H16N2/c1-2-8-16-14(6-1)17-9-5-11-21-23(17)19(13-25-21)22(16)18-12-24-20-10-4-3-7-15(18)20/h1-13,22,24-25H. The minimum Gasteiger partial charge on any atom is -0.361 e. The van der Waals surface area contributed by atoms with Crippen LogP contribution in [0, 0.1) is 0 Å². The fourth-order valence-electron chi connectivity index (χ4n) is 4.49. The van der Waals surface area contributed by atoms with E-state index in [1.807, 2.05) is 0 Å². The first-order valence-electron chi connectivity index (χ1n) is 8.67. The summed E-state index contributed by atoms with van der Waals surface area (Å²) >= 11 is 0. The van der Waals surface area contributed by atoms with Gasteiger partial charge in [-0.05, 0) is 39.9 Å². The van der Waals surface area contributed by atoms with Crippen molar-refractivity contribution in [1.29, 1.82) is 0 Å². The lowest BCUT2D eigenvalue weighted by atomic mass is 9.76. The van der Waals surface area contributed by atoms with Gasteiger partial charge in [0.1, 0.15) is 0 Å². The van der Waals surface area contributed by atoms with E-state index in [2.05, 4.69) is 89.1 Å². The number of fused-ring (bicyclic) bond motifs is 3. The van der Waals surface area contributed by atoms with Crippen LogP contribution in [0.4, 0.5) is 0 Å². The molecule has 0 fully saturated rings. The summed E-state index contributed by atoms with van der Waals surface area (Å²) in [4.78, 5) is 6.94. The number of aromatic amines is 2. The summed E-state index contributed by atoms with van der Waals surface area (Å²) < 4.78 is 0. The van der Waals surface area contributed by atoms with Crippen LogP contribution in [0.2, 0.25) is 0 Å². The molecule has 0 saturated carbocycles. The maximum absolute atomic E-state index is 3.48. The second kappa shape index (κ2) is 4.64. The molecular formula is C23H16N2. The zero-order chi connectivity index (χ0) is 16.4. The Morgan fingerprint density at radius 1 is 0.560 bits per heavy atom. The largest absolute Gasteiger partial charge is 0.361 e. The summed E-state index contributed by atoms with van der Waals surface area (Å²) in [5.41, 5.74) is 9.18. The minimum atomic E-state index is 0.246. The normalized spacial score (nSPS) is 15.6. The SMILES string of the molecule is c1ccc2c(c1)-c1cccc3[nH]cc(c13)C2c1c[nH]c2ccccc12. The second-order valence-electron chi connectivity index (χ2n) is 6.78. The van der Waals surface area contributed by atoms with Gasteiger partial charge in [-0.2, -0.15) is 0 Å². The third-order valence-corrected chi connectivity index (χ3v) is 5.54. The molecule has 2 nitrogen and oxygen atoms in total. The molecule has 0 aliphatic heterocycles. The predicted molar refractivity (Wildman–Crippen MR) is 103 cm³/mol. The van der Waals surface area contributed by atoms with Gasteiger partial charge >= 0.3 is 0 Å². The van der Waals surface area contributed by atoms with Crippen LogP contribution in [0.25, 0.3) is 32.9 Å². The van der Waals surface area contributed by atoms with Crippen molar-refractivity contribution < 1.29 is 0 Å². The average molecular weight is 320 g/mol. The molecule has 0 bridgehead atoms. The first-order chi connectivity index (χ1) is 12.4. The first kappa shape index (κ1) is 13.1. The van der Waals surface area contributed by atoms with Gasteiger partial charge in [0.25, 0.3) is 0 Å². The Morgan fingerprint density at radius 3 is 2.28 bits per heavy atom. The Bertz CT molecular complexity index is 1260. The lowest BCUT2D eigenvalue weighted by Crippen LogP contribution is -2.08. The monoisotopic (exact) mass is 320 g/mol. The molecule has 1 atom stereocenters. The van der Waals surface area contributed by atoms with Crippen LogP contribution in [0.1, 0.15) is 22.6 Å². The number of hydrogen-bond acceptors (Lipinski definition) is 0. The number of rotatable bonds is 1. The van der Waals surface area contributed by atoms with Gasteiger partial charge in [0, 0.05) is 40.1 Å². The highest BCUT2D eigenvalue weighted by Crippen LogP contribution is 2.49. The predicted octanol–water partition coefficient (Wildman–Crippen LogP) is 5.81. The van der Waals surface area contributed by atoms with Crippen molar-refractivity contribution in [2.75, 3.05) is 0 Å². The summed E-state index contributed by atoms with van der Waals surface area (Å²) in [6.45, 7) is 0. The molecule has 0 amide bonds. The Labute approximate surface area is 145 Å². The third-order valence-electron chi connectivity index (χ3n) is 5.54. The summed E-state index contributed by atoms with van der Waals surface area (Å²) in [7, 11) is 0. The zero-order valence-corrected chi connectivity index (χ0v) is 13.6. The molecule has 6 rings (SSSR count). The van der Waals surface area contributed by atoms with E-state index in [9.17, 15) is 0 Å². The molecule has 0 spiro atoms. The van der Waals surface area contributed by atoms with Gasteiger partial charge in [-0.1, -0.05) is 54.6 Å². The van der Waals surface area contributed by atoms with E-state index in [1.54, 1.807) is 0 Å². The van der Waals surface area contributed by atoms with Crippen LogP contribution in [0.15, 0.2) is 79.1 Å². The fourth-order valence-corrected chi connectivity index (χ4v) is 4.49. The van der Waals surface area contributed by atoms with Crippen molar-refractivity contribution in [3.8, 4) is 11.1 Å². The smallest absolute Gasteiger partial charge is 0.0463 e. The van der Waals surface area contributed by atoms with Crippen LogP contribution in [0.5, 0.6) is 0 Å². The summed E-state index contributed by atoms with van der Waals surface area (Å²) in [6.07, 6.45) is 4.37. The molecule has 2 heterocycles. The zero-order valence-electron chi connectivity index (χ0n) is 13.6. The average Bonchev–Trinajstić information content (AvgIpc) is 3.28. The summed E-state index contributed by atoms with van der Waals surface area (Å²) in [6, 6.07) is 23.9. The van der Waals surface area contributed by atoms with Gasteiger partial charge in [-0.15, -0.1) is 0 Å². The fraction of sp³-hybridized carbons (Fsp3) is 0.0435. The molecule has 2 aromatic heterocycles. The number of H-pyrrole nitrogens is 2. The van der Waals surface area contributed by atoms with E-state index >= 15 is 0 Å². The van der Waals surface area contributed by atoms with Crippen molar-refractivity contribution in [3.05, 3.63) is 95.8 Å². The summed E-state index contributed by atoms with van der Waals surface area (Å²) in [5, 5.41) is 2.66. The lowest BCUT2D eigenvalue weighted by Gasteiger charge is -2.26. The molecule has 118 valence electrons. The molecule has 1 unspecified atom stereocenters. The van der Waals surface area contributed by atoms with E-state index in [0.717, 1.165) is 0 Å². The third kappa shape index (κ3) is 1.64. The van der Waals surface area contributed by atoms with Gasteiger partial charge in [-0.25, -0.2) is 0 Å². The molecule has 1 aliphatic rings. The molecule has 3 aromatic carbocycles. The maximum atomic E-state index is 3.48. The Hall–Kier alpha value is -3.26. The van der Waals surface area contributed by atoms with Crippen molar-refractivity contribution in [3.63, 3.8) is 0 Å². The van der Waals surface area contributed by atoms with Crippen LogP contribution in [-0.4, -0.2) is 9.97 Å². The van der Waals surface area contributed by atoms with E-state index in [4.69, 9.17) is 0 Å². The topological polar surface area (TPSA) is 31.6 Å². The van der Waals surface area contributed by atoms with E-state index in [0.29, 0.717) is 0 Å². The number of aromatic nitrogens is 2. The van der Waals surface area contributed by atoms with E-state index in [1.165, 1.54) is 49.6 Å². The van der Waals surface area contributed by atoms with E-state index < -0.39 is 0 Å². The van der Waals surface area contributed by atoms with Gasteiger partial charge in [-0.3, -0.25) is 0 Å². The molecule has 2 N–H and O–H groups in total. The number of nitrogens with one attached hydrogen (secondary N) is 2. The molecule has 0 saturated heterocycles. The molecule has 5 aromatic rings. The highest BCUT2D eigenvalue weighted by molar-refractivity contribution is 6.02. The van der Waals surface area contributed by atoms with Crippen LogP contribution >= 0.6 is 0 Å². The van der Waals surface area contributed by atoms with Gasteiger partial charge < -0.3 is 9.97 Å². The van der Waals surface area contributed by atoms with Crippen LogP contribution in [0.3, 0.4) is 0 Å².